The predicted molar refractivity (Wildman–Crippen MR) is 104 cm³/mol. The number of carbonyl (C=O) groups excluding carboxylic acids is 2. The third kappa shape index (κ3) is 4.63. The molecule has 146 valence electrons. The van der Waals surface area contributed by atoms with E-state index < -0.39 is 0 Å². The largest absolute Gasteiger partial charge is 0.493 e. The number of benzene rings is 1. The topological polar surface area (TPSA) is 49.9 Å². The fraction of sp³-hybridized carbons (Fsp3) is 0.636. The molecule has 27 heavy (non-hydrogen) atoms. The highest BCUT2D eigenvalue weighted by Gasteiger charge is 2.35. The molecule has 3 aliphatic rings. The van der Waals surface area contributed by atoms with E-state index in [4.69, 9.17) is 4.74 Å². The first-order valence-corrected chi connectivity index (χ1v) is 10.5. The Balaban J connectivity index is 1.31. The number of ether oxygens (including phenoxy) is 1. The zero-order chi connectivity index (χ0) is 18.6. The molecule has 1 atom stereocenters. The highest BCUT2D eigenvalue weighted by atomic mass is 16.5. The highest BCUT2D eigenvalue weighted by Crippen LogP contribution is 2.32. The lowest BCUT2D eigenvalue weighted by molar-refractivity contribution is -0.134. The van der Waals surface area contributed by atoms with E-state index in [2.05, 4.69) is 0 Å². The van der Waals surface area contributed by atoms with Crippen LogP contribution in [-0.2, 0) is 4.79 Å². The predicted octanol–water partition coefficient (Wildman–Crippen LogP) is 3.34. The van der Waals surface area contributed by atoms with Gasteiger partial charge in [-0.2, -0.15) is 0 Å². The quantitative estimate of drug-likeness (QED) is 0.799. The number of carbonyl (C=O) groups is 2. The Morgan fingerprint density at radius 2 is 1.74 bits per heavy atom. The van der Waals surface area contributed by atoms with Crippen molar-refractivity contribution < 1.29 is 14.3 Å². The van der Waals surface area contributed by atoms with Gasteiger partial charge in [0, 0.05) is 43.6 Å². The highest BCUT2D eigenvalue weighted by molar-refractivity contribution is 5.94. The Hall–Kier alpha value is -2.04. The van der Waals surface area contributed by atoms with Gasteiger partial charge < -0.3 is 14.5 Å². The number of rotatable bonds is 5. The van der Waals surface area contributed by atoms with Crippen LogP contribution in [0, 0.1) is 11.8 Å². The number of hydrogen-bond donors (Lipinski definition) is 0. The maximum Gasteiger partial charge on any atom is 0.253 e. The van der Waals surface area contributed by atoms with Crippen LogP contribution in [0.3, 0.4) is 0 Å². The summed E-state index contributed by atoms with van der Waals surface area (Å²) in [5, 5.41) is 0. The van der Waals surface area contributed by atoms with Crippen molar-refractivity contribution in [1.29, 1.82) is 0 Å². The average molecular weight is 370 g/mol. The van der Waals surface area contributed by atoms with Crippen molar-refractivity contribution in [3.63, 3.8) is 0 Å². The Morgan fingerprint density at radius 3 is 2.52 bits per heavy atom. The Morgan fingerprint density at radius 1 is 0.963 bits per heavy atom. The second-order valence-electron chi connectivity index (χ2n) is 8.26. The van der Waals surface area contributed by atoms with E-state index in [0.29, 0.717) is 29.9 Å². The molecule has 2 aliphatic heterocycles. The molecule has 0 N–H and O–H groups in total. The summed E-state index contributed by atoms with van der Waals surface area (Å²) in [6, 6.07) is 7.56. The maximum atomic E-state index is 12.7. The summed E-state index contributed by atoms with van der Waals surface area (Å²) in [5.74, 6) is 1.88. The van der Waals surface area contributed by atoms with Crippen LogP contribution in [0.5, 0.6) is 5.75 Å². The summed E-state index contributed by atoms with van der Waals surface area (Å²) in [6.45, 7) is 4.02. The molecule has 2 heterocycles. The van der Waals surface area contributed by atoms with Crippen molar-refractivity contribution in [2.45, 2.75) is 44.9 Å². The van der Waals surface area contributed by atoms with Crippen LogP contribution in [0.2, 0.25) is 0 Å². The van der Waals surface area contributed by atoms with E-state index in [-0.39, 0.29) is 5.91 Å². The Labute approximate surface area is 161 Å². The van der Waals surface area contributed by atoms with Crippen LogP contribution in [0.1, 0.15) is 55.3 Å². The molecule has 1 aromatic carbocycles. The first-order chi connectivity index (χ1) is 13.2. The fourth-order valence-electron chi connectivity index (χ4n) is 4.20. The smallest absolute Gasteiger partial charge is 0.253 e. The van der Waals surface area contributed by atoms with Crippen LogP contribution in [0.25, 0.3) is 0 Å². The van der Waals surface area contributed by atoms with Gasteiger partial charge in [0.05, 0.1) is 6.61 Å². The lowest BCUT2D eigenvalue weighted by Gasteiger charge is -2.32. The normalized spacial score (nSPS) is 23.2. The monoisotopic (exact) mass is 370 g/mol. The molecule has 0 spiro atoms. The minimum atomic E-state index is 0.110. The molecule has 5 heteroatoms. The number of amides is 2. The summed E-state index contributed by atoms with van der Waals surface area (Å²) in [6.07, 6.45) is 7.69. The summed E-state index contributed by atoms with van der Waals surface area (Å²) in [5.41, 5.74) is 0.712. The lowest BCUT2D eigenvalue weighted by atomic mass is 9.98. The molecule has 1 unspecified atom stereocenters. The molecule has 2 amide bonds. The van der Waals surface area contributed by atoms with Gasteiger partial charge in [-0.3, -0.25) is 9.59 Å². The van der Waals surface area contributed by atoms with E-state index in [0.717, 1.165) is 70.5 Å². The van der Waals surface area contributed by atoms with Crippen molar-refractivity contribution in [1.82, 2.24) is 9.80 Å². The van der Waals surface area contributed by atoms with E-state index in [1.165, 1.54) is 6.42 Å². The summed E-state index contributed by atoms with van der Waals surface area (Å²) >= 11 is 0. The molecule has 4 rings (SSSR count). The van der Waals surface area contributed by atoms with Crippen LogP contribution in [-0.4, -0.2) is 54.4 Å². The van der Waals surface area contributed by atoms with Gasteiger partial charge in [0.25, 0.3) is 5.91 Å². The molecule has 1 aromatic rings. The van der Waals surface area contributed by atoms with Crippen molar-refractivity contribution in [3.05, 3.63) is 29.8 Å². The minimum absolute atomic E-state index is 0.110. The van der Waals surface area contributed by atoms with Crippen molar-refractivity contribution in [2.24, 2.45) is 11.8 Å². The zero-order valence-electron chi connectivity index (χ0n) is 16.1. The first-order valence-electron chi connectivity index (χ1n) is 10.5. The van der Waals surface area contributed by atoms with Gasteiger partial charge in [-0.25, -0.2) is 0 Å². The van der Waals surface area contributed by atoms with Crippen LogP contribution in [0.15, 0.2) is 24.3 Å². The lowest BCUT2D eigenvalue weighted by Crippen LogP contribution is -2.42. The fourth-order valence-corrected chi connectivity index (χ4v) is 4.20. The maximum absolute atomic E-state index is 12.7. The van der Waals surface area contributed by atoms with Gasteiger partial charge in [0.2, 0.25) is 5.91 Å². The molecule has 3 fully saturated rings. The van der Waals surface area contributed by atoms with E-state index in [1.54, 1.807) is 0 Å². The average Bonchev–Trinajstić information content (AvgIpc) is 3.58. The molecule has 0 radical (unpaired) electrons. The molecule has 1 aliphatic carbocycles. The summed E-state index contributed by atoms with van der Waals surface area (Å²) in [4.78, 5) is 28.9. The summed E-state index contributed by atoms with van der Waals surface area (Å²) < 4.78 is 6.02. The molecule has 1 saturated carbocycles. The van der Waals surface area contributed by atoms with E-state index in [9.17, 15) is 9.59 Å². The van der Waals surface area contributed by atoms with Crippen LogP contribution < -0.4 is 4.74 Å². The third-order valence-corrected chi connectivity index (χ3v) is 5.97. The number of nitrogens with zero attached hydrogens (tertiary/aromatic N) is 2. The summed E-state index contributed by atoms with van der Waals surface area (Å²) in [7, 11) is 0. The third-order valence-electron chi connectivity index (χ3n) is 5.97. The van der Waals surface area contributed by atoms with Gasteiger partial charge >= 0.3 is 0 Å². The second-order valence-corrected chi connectivity index (χ2v) is 8.26. The molecule has 0 aromatic heterocycles. The molecular weight excluding hydrogens is 340 g/mol. The standard InChI is InChI=1S/C22H30N2O3/c25-21(18-9-10-18)24-13-5-6-17(15-24)16-27-20-8-4-7-19(14-20)22(26)23-11-2-1-3-12-23/h4,7-8,14,17-18H,1-3,5-6,9-13,15-16H2. The second kappa shape index (κ2) is 8.32. The van der Waals surface area contributed by atoms with Gasteiger partial charge in [0.15, 0.2) is 0 Å². The Bertz CT molecular complexity index is 680. The first kappa shape index (κ1) is 18.3. The van der Waals surface area contributed by atoms with Crippen molar-refractivity contribution >= 4 is 11.8 Å². The number of hydrogen-bond acceptors (Lipinski definition) is 3. The number of piperidine rings is 2. The van der Waals surface area contributed by atoms with Crippen molar-refractivity contribution in [3.8, 4) is 5.75 Å². The molecule has 0 bridgehead atoms. The van der Waals surface area contributed by atoms with E-state index in [1.807, 2.05) is 34.1 Å². The van der Waals surface area contributed by atoms with E-state index >= 15 is 0 Å². The molecule has 2 saturated heterocycles. The van der Waals surface area contributed by atoms with Crippen LogP contribution in [0.4, 0.5) is 0 Å². The SMILES string of the molecule is O=C(c1cccc(OCC2CCCN(C(=O)C3CC3)C2)c1)N1CCCCC1. The number of likely N-dealkylation sites (tertiary alicyclic amines) is 2. The van der Waals surface area contributed by atoms with Crippen molar-refractivity contribution in [2.75, 3.05) is 32.8 Å². The van der Waals surface area contributed by atoms with Gasteiger partial charge in [-0.05, 0) is 63.1 Å². The van der Waals surface area contributed by atoms with Gasteiger partial charge in [-0.1, -0.05) is 6.07 Å². The van der Waals surface area contributed by atoms with Gasteiger partial charge in [0.1, 0.15) is 5.75 Å². The Kier molecular flexibility index (Phi) is 5.65. The molecular formula is C22H30N2O3. The van der Waals surface area contributed by atoms with Gasteiger partial charge in [-0.15, -0.1) is 0 Å². The molecule has 5 nitrogen and oxygen atoms in total. The minimum Gasteiger partial charge on any atom is -0.493 e. The zero-order valence-corrected chi connectivity index (χ0v) is 16.1. The van der Waals surface area contributed by atoms with Crippen LogP contribution >= 0.6 is 0 Å².